The lowest BCUT2D eigenvalue weighted by molar-refractivity contribution is -0.136. The first-order chi connectivity index (χ1) is 8.61. The summed E-state index contributed by atoms with van der Waals surface area (Å²) in [5, 5.41) is 12.0. The standard InChI is InChI=1S/C14H21NO3/c1-3-18-11(2)9-15-10-13-6-4-12(5-7-13)8-14(16)17/h4-7,11,15H,3,8-10H2,1-2H3,(H,16,17). The molecule has 100 valence electrons. The molecule has 0 aliphatic carbocycles. The van der Waals surface area contributed by atoms with Gasteiger partial charge in [0, 0.05) is 19.7 Å². The molecule has 0 amide bonds. The summed E-state index contributed by atoms with van der Waals surface area (Å²) in [7, 11) is 0. The molecule has 2 N–H and O–H groups in total. The number of nitrogens with one attached hydrogen (secondary N) is 1. The smallest absolute Gasteiger partial charge is 0.307 e. The zero-order valence-electron chi connectivity index (χ0n) is 11.0. The van der Waals surface area contributed by atoms with Gasteiger partial charge in [0.25, 0.3) is 0 Å². The summed E-state index contributed by atoms with van der Waals surface area (Å²) in [5.74, 6) is -0.800. The van der Waals surface area contributed by atoms with E-state index in [2.05, 4.69) is 5.32 Å². The molecule has 0 aliphatic rings. The van der Waals surface area contributed by atoms with Gasteiger partial charge in [-0.15, -0.1) is 0 Å². The van der Waals surface area contributed by atoms with Crippen LogP contribution in [0.1, 0.15) is 25.0 Å². The summed E-state index contributed by atoms with van der Waals surface area (Å²) >= 11 is 0. The van der Waals surface area contributed by atoms with Gasteiger partial charge in [0.15, 0.2) is 0 Å². The first-order valence-electron chi connectivity index (χ1n) is 6.23. The number of carboxylic acid groups (broad SMARTS) is 1. The lowest BCUT2D eigenvalue weighted by Gasteiger charge is -2.12. The van der Waals surface area contributed by atoms with Gasteiger partial charge < -0.3 is 15.2 Å². The minimum Gasteiger partial charge on any atom is -0.481 e. The van der Waals surface area contributed by atoms with Gasteiger partial charge in [0.05, 0.1) is 12.5 Å². The maximum Gasteiger partial charge on any atom is 0.307 e. The highest BCUT2D eigenvalue weighted by Gasteiger charge is 2.02. The Morgan fingerprint density at radius 1 is 1.33 bits per heavy atom. The Bertz CT molecular complexity index is 362. The molecule has 0 radical (unpaired) electrons. The topological polar surface area (TPSA) is 58.6 Å². The number of benzene rings is 1. The van der Waals surface area contributed by atoms with E-state index in [0.29, 0.717) is 0 Å². The highest BCUT2D eigenvalue weighted by Crippen LogP contribution is 2.05. The van der Waals surface area contributed by atoms with E-state index in [1.165, 1.54) is 0 Å². The quantitative estimate of drug-likeness (QED) is 0.740. The summed E-state index contributed by atoms with van der Waals surface area (Å²) in [4.78, 5) is 10.5. The number of hydrogen-bond donors (Lipinski definition) is 2. The first-order valence-corrected chi connectivity index (χ1v) is 6.23. The van der Waals surface area contributed by atoms with E-state index in [0.717, 1.165) is 30.8 Å². The first kappa shape index (κ1) is 14.7. The van der Waals surface area contributed by atoms with Crippen molar-refractivity contribution < 1.29 is 14.6 Å². The van der Waals surface area contributed by atoms with Crippen LogP contribution in [0, 0.1) is 0 Å². The second-order valence-electron chi connectivity index (χ2n) is 4.28. The van der Waals surface area contributed by atoms with Crippen LogP contribution in [0.2, 0.25) is 0 Å². The van der Waals surface area contributed by atoms with Crippen molar-refractivity contribution in [3.63, 3.8) is 0 Å². The average Bonchev–Trinajstić information content (AvgIpc) is 2.31. The molecule has 1 atom stereocenters. The van der Waals surface area contributed by atoms with Crippen LogP contribution in [0.25, 0.3) is 0 Å². The molecule has 4 nitrogen and oxygen atoms in total. The van der Waals surface area contributed by atoms with Gasteiger partial charge >= 0.3 is 5.97 Å². The lowest BCUT2D eigenvalue weighted by atomic mass is 10.1. The Hall–Kier alpha value is -1.39. The van der Waals surface area contributed by atoms with Gasteiger partial charge in [-0.3, -0.25) is 4.79 Å². The fourth-order valence-electron chi connectivity index (χ4n) is 1.71. The van der Waals surface area contributed by atoms with Gasteiger partial charge in [-0.2, -0.15) is 0 Å². The minimum absolute atomic E-state index is 0.0785. The zero-order valence-corrected chi connectivity index (χ0v) is 11.0. The summed E-state index contributed by atoms with van der Waals surface area (Å²) in [6, 6.07) is 7.63. The molecule has 0 saturated heterocycles. The number of aliphatic carboxylic acids is 1. The predicted octanol–water partition coefficient (Wildman–Crippen LogP) is 1.83. The zero-order chi connectivity index (χ0) is 13.4. The summed E-state index contributed by atoms with van der Waals surface area (Å²) in [5.41, 5.74) is 1.97. The molecular formula is C14H21NO3. The lowest BCUT2D eigenvalue weighted by Crippen LogP contribution is -2.26. The second kappa shape index (κ2) is 7.84. The number of rotatable bonds is 8. The Kier molecular flexibility index (Phi) is 6.39. The highest BCUT2D eigenvalue weighted by atomic mass is 16.5. The van der Waals surface area contributed by atoms with E-state index in [-0.39, 0.29) is 12.5 Å². The van der Waals surface area contributed by atoms with E-state index in [1.807, 2.05) is 38.1 Å². The molecule has 4 heteroatoms. The maximum absolute atomic E-state index is 10.5. The van der Waals surface area contributed by atoms with Crippen molar-refractivity contribution in [2.45, 2.75) is 32.9 Å². The minimum atomic E-state index is -0.800. The van der Waals surface area contributed by atoms with Gasteiger partial charge in [-0.25, -0.2) is 0 Å². The number of hydrogen-bond acceptors (Lipinski definition) is 3. The van der Waals surface area contributed by atoms with E-state index in [9.17, 15) is 4.79 Å². The molecule has 0 fully saturated rings. The average molecular weight is 251 g/mol. The van der Waals surface area contributed by atoms with Crippen molar-refractivity contribution in [1.29, 1.82) is 0 Å². The molecule has 0 spiro atoms. The fourth-order valence-corrected chi connectivity index (χ4v) is 1.71. The molecule has 0 aliphatic heterocycles. The Morgan fingerprint density at radius 3 is 2.50 bits per heavy atom. The summed E-state index contributed by atoms with van der Waals surface area (Å²) in [6.07, 6.45) is 0.288. The van der Waals surface area contributed by atoms with Gasteiger partial charge in [-0.1, -0.05) is 24.3 Å². The molecule has 18 heavy (non-hydrogen) atoms. The highest BCUT2D eigenvalue weighted by molar-refractivity contribution is 5.70. The third kappa shape index (κ3) is 5.80. The molecule has 1 unspecified atom stereocenters. The van der Waals surface area contributed by atoms with E-state index >= 15 is 0 Å². The molecule has 1 aromatic carbocycles. The van der Waals surface area contributed by atoms with Crippen LogP contribution in [-0.4, -0.2) is 30.3 Å². The van der Waals surface area contributed by atoms with Crippen molar-refractivity contribution in [1.82, 2.24) is 5.32 Å². The second-order valence-corrected chi connectivity index (χ2v) is 4.28. The van der Waals surface area contributed by atoms with Crippen molar-refractivity contribution in [3.05, 3.63) is 35.4 Å². The van der Waals surface area contributed by atoms with Crippen molar-refractivity contribution in [2.24, 2.45) is 0 Å². The van der Waals surface area contributed by atoms with Crippen LogP contribution in [0.5, 0.6) is 0 Å². The van der Waals surface area contributed by atoms with Gasteiger partial charge in [0.1, 0.15) is 0 Å². The van der Waals surface area contributed by atoms with Crippen molar-refractivity contribution in [2.75, 3.05) is 13.2 Å². The molecule has 1 aromatic rings. The van der Waals surface area contributed by atoms with Crippen LogP contribution >= 0.6 is 0 Å². The number of ether oxygens (including phenoxy) is 1. The Balaban J connectivity index is 2.32. The largest absolute Gasteiger partial charge is 0.481 e. The maximum atomic E-state index is 10.5. The van der Waals surface area contributed by atoms with Crippen LogP contribution < -0.4 is 5.32 Å². The predicted molar refractivity (Wildman–Crippen MR) is 70.6 cm³/mol. The molecule has 0 aromatic heterocycles. The molecular weight excluding hydrogens is 230 g/mol. The normalized spacial score (nSPS) is 12.3. The van der Waals surface area contributed by atoms with Crippen LogP contribution in [0.15, 0.2) is 24.3 Å². The van der Waals surface area contributed by atoms with Crippen LogP contribution in [0.3, 0.4) is 0 Å². The van der Waals surface area contributed by atoms with E-state index < -0.39 is 5.97 Å². The van der Waals surface area contributed by atoms with Gasteiger partial charge in [-0.05, 0) is 25.0 Å². The number of carbonyl (C=O) groups is 1. The third-order valence-electron chi connectivity index (χ3n) is 2.59. The summed E-state index contributed by atoms with van der Waals surface area (Å²) in [6.45, 7) is 6.33. The van der Waals surface area contributed by atoms with Crippen LogP contribution in [-0.2, 0) is 22.5 Å². The molecule has 0 saturated carbocycles. The number of carboxylic acids is 1. The molecule has 1 rings (SSSR count). The van der Waals surface area contributed by atoms with Crippen molar-refractivity contribution in [3.8, 4) is 0 Å². The third-order valence-corrected chi connectivity index (χ3v) is 2.59. The van der Waals surface area contributed by atoms with Crippen molar-refractivity contribution >= 4 is 5.97 Å². The summed E-state index contributed by atoms with van der Waals surface area (Å²) < 4.78 is 5.41. The molecule has 0 bridgehead atoms. The fraction of sp³-hybridized carbons (Fsp3) is 0.500. The monoisotopic (exact) mass is 251 g/mol. The van der Waals surface area contributed by atoms with E-state index in [4.69, 9.17) is 9.84 Å². The van der Waals surface area contributed by atoms with Gasteiger partial charge in [0.2, 0.25) is 0 Å². The Labute approximate surface area is 108 Å². The molecule has 0 heterocycles. The Morgan fingerprint density at radius 2 is 1.94 bits per heavy atom. The van der Waals surface area contributed by atoms with E-state index in [1.54, 1.807) is 0 Å². The van der Waals surface area contributed by atoms with Crippen LogP contribution in [0.4, 0.5) is 0 Å². The SMILES string of the molecule is CCOC(C)CNCc1ccc(CC(=O)O)cc1.